The number of hydrogen-bond acceptors (Lipinski definition) is 3. The van der Waals surface area contributed by atoms with Crippen molar-refractivity contribution >= 4 is 10.9 Å². The summed E-state index contributed by atoms with van der Waals surface area (Å²) in [4.78, 5) is 8.77. The van der Waals surface area contributed by atoms with Gasteiger partial charge in [-0.2, -0.15) is 0 Å². The van der Waals surface area contributed by atoms with E-state index in [2.05, 4.69) is 9.97 Å². The number of pyridine rings is 2. The molecule has 3 aromatic rings. The van der Waals surface area contributed by atoms with Crippen molar-refractivity contribution in [3.05, 3.63) is 54.4 Å². The lowest BCUT2D eigenvalue weighted by Crippen LogP contribution is -1.89. The van der Waals surface area contributed by atoms with Crippen LogP contribution in [0.25, 0.3) is 22.2 Å². The second-order valence-electron chi connectivity index (χ2n) is 4.23. The third-order valence-corrected chi connectivity index (χ3v) is 2.99. The first-order chi connectivity index (χ1) is 8.75. The van der Waals surface area contributed by atoms with E-state index < -0.39 is 0 Å². The molecule has 0 amide bonds. The third kappa shape index (κ3) is 1.70. The minimum Gasteiger partial charge on any atom is -0.508 e. The summed E-state index contributed by atoms with van der Waals surface area (Å²) in [6.45, 7) is 1.96. The number of aromatic nitrogens is 2. The number of aryl methyl sites for hydroxylation is 1. The molecular formula is C15H12N2O. The van der Waals surface area contributed by atoms with Crippen molar-refractivity contribution in [1.82, 2.24) is 9.97 Å². The number of phenols is 1. The highest BCUT2D eigenvalue weighted by Gasteiger charge is 2.08. The van der Waals surface area contributed by atoms with E-state index in [0.717, 1.165) is 27.7 Å². The molecule has 0 bridgehead atoms. The van der Waals surface area contributed by atoms with E-state index in [0.29, 0.717) is 0 Å². The van der Waals surface area contributed by atoms with E-state index in [1.807, 2.05) is 31.2 Å². The van der Waals surface area contributed by atoms with Gasteiger partial charge in [0, 0.05) is 23.3 Å². The van der Waals surface area contributed by atoms with E-state index in [1.54, 1.807) is 24.5 Å². The topological polar surface area (TPSA) is 46.0 Å². The number of phenolic OH excluding ortho intramolecular Hbond substituents is 1. The largest absolute Gasteiger partial charge is 0.508 e. The van der Waals surface area contributed by atoms with Gasteiger partial charge >= 0.3 is 0 Å². The first-order valence-corrected chi connectivity index (χ1v) is 5.75. The fourth-order valence-electron chi connectivity index (χ4n) is 2.13. The fraction of sp³-hybridized carbons (Fsp3) is 0.0667. The van der Waals surface area contributed by atoms with Crippen molar-refractivity contribution in [1.29, 1.82) is 0 Å². The average Bonchev–Trinajstić information content (AvgIpc) is 2.38. The summed E-state index contributed by atoms with van der Waals surface area (Å²) in [5.74, 6) is 0.273. The summed E-state index contributed by atoms with van der Waals surface area (Å²) in [5.41, 5.74) is 3.85. The SMILES string of the molecule is Cc1cc(O)ccc1-c1nccc2ncccc12. The van der Waals surface area contributed by atoms with Gasteiger partial charge in [-0.3, -0.25) is 9.97 Å². The van der Waals surface area contributed by atoms with E-state index >= 15 is 0 Å². The van der Waals surface area contributed by atoms with Gasteiger partial charge in [0.05, 0.1) is 11.2 Å². The van der Waals surface area contributed by atoms with Crippen molar-refractivity contribution < 1.29 is 5.11 Å². The molecule has 0 saturated carbocycles. The quantitative estimate of drug-likeness (QED) is 0.705. The Morgan fingerprint density at radius 1 is 1.00 bits per heavy atom. The molecule has 3 rings (SSSR count). The van der Waals surface area contributed by atoms with E-state index in [9.17, 15) is 5.11 Å². The van der Waals surface area contributed by atoms with Gasteiger partial charge in [-0.15, -0.1) is 0 Å². The van der Waals surface area contributed by atoms with Crippen LogP contribution in [0.3, 0.4) is 0 Å². The normalized spacial score (nSPS) is 10.7. The van der Waals surface area contributed by atoms with Crippen molar-refractivity contribution in [3.8, 4) is 17.0 Å². The lowest BCUT2D eigenvalue weighted by molar-refractivity contribution is 0.475. The smallest absolute Gasteiger partial charge is 0.115 e. The summed E-state index contributed by atoms with van der Waals surface area (Å²) in [6, 6.07) is 11.1. The van der Waals surface area contributed by atoms with Crippen LogP contribution < -0.4 is 0 Å². The van der Waals surface area contributed by atoms with Crippen LogP contribution in [-0.4, -0.2) is 15.1 Å². The predicted octanol–water partition coefficient (Wildman–Crippen LogP) is 3.31. The molecule has 0 aliphatic carbocycles. The van der Waals surface area contributed by atoms with Gasteiger partial charge in [0.1, 0.15) is 5.75 Å². The molecule has 0 aliphatic heterocycles. The monoisotopic (exact) mass is 236 g/mol. The number of hydrogen-bond donors (Lipinski definition) is 1. The van der Waals surface area contributed by atoms with Gasteiger partial charge in [-0.1, -0.05) is 0 Å². The Labute approximate surface area is 105 Å². The second-order valence-corrected chi connectivity index (χ2v) is 4.23. The minimum absolute atomic E-state index is 0.273. The summed E-state index contributed by atoms with van der Waals surface area (Å²) in [5, 5.41) is 10.5. The van der Waals surface area contributed by atoms with Crippen LogP contribution in [0.1, 0.15) is 5.56 Å². The average molecular weight is 236 g/mol. The maximum Gasteiger partial charge on any atom is 0.115 e. The van der Waals surface area contributed by atoms with Crippen molar-refractivity contribution in [3.63, 3.8) is 0 Å². The van der Waals surface area contributed by atoms with Gasteiger partial charge < -0.3 is 5.11 Å². The highest BCUT2D eigenvalue weighted by Crippen LogP contribution is 2.29. The molecule has 0 saturated heterocycles. The number of aromatic hydroxyl groups is 1. The number of rotatable bonds is 1. The summed E-state index contributed by atoms with van der Waals surface area (Å²) in [6.07, 6.45) is 3.53. The molecule has 88 valence electrons. The van der Waals surface area contributed by atoms with Gasteiger partial charge in [-0.05, 0) is 48.9 Å². The molecule has 0 unspecified atom stereocenters. The van der Waals surface area contributed by atoms with Crippen molar-refractivity contribution in [2.45, 2.75) is 6.92 Å². The molecule has 3 heteroatoms. The second kappa shape index (κ2) is 4.11. The van der Waals surface area contributed by atoms with Crippen LogP contribution >= 0.6 is 0 Å². The number of fused-ring (bicyclic) bond motifs is 1. The Balaban J connectivity index is 2.31. The highest BCUT2D eigenvalue weighted by atomic mass is 16.3. The molecule has 0 spiro atoms. The maximum absolute atomic E-state index is 9.46. The molecule has 2 heterocycles. The Bertz CT molecular complexity index is 717. The molecule has 0 radical (unpaired) electrons. The van der Waals surface area contributed by atoms with Crippen molar-refractivity contribution in [2.75, 3.05) is 0 Å². The molecule has 1 N–H and O–H groups in total. The van der Waals surface area contributed by atoms with Gasteiger partial charge in [0.25, 0.3) is 0 Å². The maximum atomic E-state index is 9.46. The summed E-state index contributed by atoms with van der Waals surface area (Å²) in [7, 11) is 0. The Morgan fingerprint density at radius 3 is 2.72 bits per heavy atom. The number of benzene rings is 1. The van der Waals surface area contributed by atoms with Crippen LogP contribution in [-0.2, 0) is 0 Å². The predicted molar refractivity (Wildman–Crippen MR) is 71.4 cm³/mol. The zero-order chi connectivity index (χ0) is 12.5. The third-order valence-electron chi connectivity index (χ3n) is 2.99. The van der Waals surface area contributed by atoms with Crippen LogP contribution in [0.2, 0.25) is 0 Å². The molecule has 2 aromatic heterocycles. The van der Waals surface area contributed by atoms with E-state index in [4.69, 9.17) is 0 Å². The van der Waals surface area contributed by atoms with Crippen LogP contribution in [0.15, 0.2) is 48.8 Å². The summed E-state index contributed by atoms with van der Waals surface area (Å²) >= 11 is 0. The lowest BCUT2D eigenvalue weighted by atomic mass is 10.0. The zero-order valence-electron chi connectivity index (χ0n) is 9.96. The first kappa shape index (κ1) is 10.7. The number of nitrogens with zero attached hydrogens (tertiary/aromatic N) is 2. The molecular weight excluding hydrogens is 224 g/mol. The molecule has 1 aromatic carbocycles. The molecule has 3 nitrogen and oxygen atoms in total. The van der Waals surface area contributed by atoms with E-state index in [1.165, 1.54) is 0 Å². The van der Waals surface area contributed by atoms with Gasteiger partial charge in [0.15, 0.2) is 0 Å². The van der Waals surface area contributed by atoms with Crippen LogP contribution in [0.5, 0.6) is 5.75 Å². The molecule has 0 aliphatic rings. The molecule has 0 atom stereocenters. The Morgan fingerprint density at radius 2 is 1.89 bits per heavy atom. The van der Waals surface area contributed by atoms with E-state index in [-0.39, 0.29) is 5.75 Å². The van der Waals surface area contributed by atoms with Crippen molar-refractivity contribution in [2.24, 2.45) is 0 Å². The lowest BCUT2D eigenvalue weighted by Gasteiger charge is -2.08. The first-order valence-electron chi connectivity index (χ1n) is 5.75. The minimum atomic E-state index is 0.273. The Hall–Kier alpha value is -2.42. The molecule has 0 fully saturated rings. The highest BCUT2D eigenvalue weighted by molar-refractivity contribution is 5.92. The van der Waals surface area contributed by atoms with Gasteiger partial charge in [0.2, 0.25) is 0 Å². The fourth-order valence-corrected chi connectivity index (χ4v) is 2.13. The Kier molecular flexibility index (Phi) is 2.45. The van der Waals surface area contributed by atoms with Crippen LogP contribution in [0.4, 0.5) is 0 Å². The van der Waals surface area contributed by atoms with Gasteiger partial charge in [-0.25, -0.2) is 0 Å². The zero-order valence-corrected chi connectivity index (χ0v) is 9.96. The summed E-state index contributed by atoms with van der Waals surface area (Å²) < 4.78 is 0. The molecule has 18 heavy (non-hydrogen) atoms. The standard InChI is InChI=1S/C15H12N2O/c1-10-9-11(18)4-5-12(10)15-13-3-2-7-16-14(13)6-8-17-15/h2-9,18H,1H3. The van der Waals surface area contributed by atoms with Crippen LogP contribution in [0, 0.1) is 6.92 Å².